The number of anilines is 3. The Labute approximate surface area is 173 Å². The van der Waals surface area contributed by atoms with E-state index in [0.29, 0.717) is 22.8 Å². The standard InChI is InChI=1S/C22H23N5O3/c1-14(21(29)26-13-19(28)24-17-11-7-8-12-18(17)26)23-20-15(2)25(3)27(22(20)30)16-9-5-4-6-10-16/h4-12,14,23H,13H2,1-3H3,(H,24,28). The van der Waals surface area contributed by atoms with Crippen molar-refractivity contribution in [2.24, 2.45) is 7.05 Å². The zero-order chi connectivity index (χ0) is 21.4. The first kappa shape index (κ1) is 19.5. The zero-order valence-electron chi connectivity index (χ0n) is 17.0. The summed E-state index contributed by atoms with van der Waals surface area (Å²) in [5, 5.41) is 5.85. The largest absolute Gasteiger partial charge is 0.368 e. The number of fused-ring (bicyclic) bond motifs is 1. The second-order valence-corrected chi connectivity index (χ2v) is 7.29. The minimum atomic E-state index is -0.707. The summed E-state index contributed by atoms with van der Waals surface area (Å²) in [4.78, 5) is 39.7. The number of carbonyl (C=O) groups excluding carboxylic acids is 2. The summed E-state index contributed by atoms with van der Waals surface area (Å²) < 4.78 is 3.30. The Balaban J connectivity index is 1.64. The van der Waals surface area contributed by atoms with Gasteiger partial charge in [-0.2, -0.15) is 0 Å². The molecule has 0 bridgehead atoms. The van der Waals surface area contributed by atoms with Gasteiger partial charge in [0.1, 0.15) is 18.3 Å². The van der Waals surface area contributed by atoms with Gasteiger partial charge in [-0.1, -0.05) is 30.3 Å². The summed E-state index contributed by atoms with van der Waals surface area (Å²) in [5.74, 6) is -0.539. The van der Waals surface area contributed by atoms with Gasteiger partial charge in [-0.15, -0.1) is 0 Å². The first-order chi connectivity index (χ1) is 14.4. The molecular formula is C22H23N5O3. The summed E-state index contributed by atoms with van der Waals surface area (Å²) in [5.41, 5.74) is 2.80. The molecule has 0 saturated heterocycles. The number of aromatic nitrogens is 2. The first-order valence-corrected chi connectivity index (χ1v) is 9.69. The van der Waals surface area contributed by atoms with E-state index in [0.717, 1.165) is 5.69 Å². The summed E-state index contributed by atoms with van der Waals surface area (Å²) in [6.07, 6.45) is 0. The van der Waals surface area contributed by atoms with E-state index in [9.17, 15) is 14.4 Å². The van der Waals surface area contributed by atoms with Gasteiger partial charge in [0, 0.05) is 7.05 Å². The lowest BCUT2D eigenvalue weighted by molar-refractivity contribution is -0.122. The van der Waals surface area contributed by atoms with Gasteiger partial charge >= 0.3 is 0 Å². The molecule has 1 aromatic heterocycles. The molecule has 8 nitrogen and oxygen atoms in total. The quantitative estimate of drug-likeness (QED) is 0.697. The number of nitrogens with zero attached hydrogens (tertiary/aromatic N) is 3. The number of rotatable bonds is 4. The molecule has 1 unspecified atom stereocenters. The smallest absolute Gasteiger partial charge is 0.295 e. The lowest BCUT2D eigenvalue weighted by Gasteiger charge is -2.31. The Hall–Kier alpha value is -3.81. The number of nitrogens with one attached hydrogen (secondary N) is 2. The minimum absolute atomic E-state index is 0.0656. The Kier molecular flexibility index (Phi) is 4.91. The maximum atomic E-state index is 13.2. The van der Waals surface area contributed by atoms with Gasteiger partial charge in [0.25, 0.3) is 5.56 Å². The van der Waals surface area contributed by atoms with Crippen molar-refractivity contribution in [2.45, 2.75) is 19.9 Å². The number of hydrogen-bond acceptors (Lipinski definition) is 4. The van der Waals surface area contributed by atoms with Crippen molar-refractivity contribution in [3.8, 4) is 5.69 Å². The normalized spacial score (nSPS) is 14.1. The van der Waals surface area contributed by atoms with Crippen LogP contribution in [0.5, 0.6) is 0 Å². The van der Waals surface area contributed by atoms with Crippen LogP contribution in [0.25, 0.3) is 5.69 Å². The van der Waals surface area contributed by atoms with Gasteiger partial charge in [-0.25, -0.2) is 4.68 Å². The van der Waals surface area contributed by atoms with E-state index >= 15 is 0 Å². The fraction of sp³-hybridized carbons (Fsp3) is 0.227. The SMILES string of the molecule is Cc1c(NC(C)C(=O)N2CC(=O)Nc3ccccc32)c(=O)n(-c2ccccc2)n1C. The summed E-state index contributed by atoms with van der Waals surface area (Å²) in [6.45, 7) is 3.45. The van der Waals surface area contributed by atoms with Crippen molar-refractivity contribution >= 4 is 28.9 Å². The van der Waals surface area contributed by atoms with E-state index in [-0.39, 0.29) is 23.9 Å². The topological polar surface area (TPSA) is 88.4 Å². The van der Waals surface area contributed by atoms with Gasteiger partial charge < -0.3 is 10.6 Å². The lowest BCUT2D eigenvalue weighted by Crippen LogP contribution is -2.48. The van der Waals surface area contributed by atoms with Crippen molar-refractivity contribution in [1.29, 1.82) is 0 Å². The zero-order valence-corrected chi connectivity index (χ0v) is 17.0. The highest BCUT2D eigenvalue weighted by Gasteiger charge is 2.30. The van der Waals surface area contributed by atoms with Gasteiger partial charge in [-0.05, 0) is 38.1 Å². The van der Waals surface area contributed by atoms with Crippen LogP contribution in [0.4, 0.5) is 17.1 Å². The van der Waals surface area contributed by atoms with Crippen molar-refractivity contribution in [1.82, 2.24) is 9.36 Å². The Morgan fingerprint density at radius 1 is 1.07 bits per heavy atom. The lowest BCUT2D eigenvalue weighted by atomic mass is 10.1. The number of para-hydroxylation sites is 3. The summed E-state index contributed by atoms with van der Waals surface area (Å²) in [6, 6.07) is 15.8. The van der Waals surface area contributed by atoms with Crippen LogP contribution in [0.2, 0.25) is 0 Å². The first-order valence-electron chi connectivity index (χ1n) is 9.69. The summed E-state index contributed by atoms with van der Waals surface area (Å²) >= 11 is 0. The second-order valence-electron chi connectivity index (χ2n) is 7.29. The predicted octanol–water partition coefficient (Wildman–Crippen LogP) is 2.27. The molecule has 1 aliphatic rings. The van der Waals surface area contributed by atoms with Crippen molar-refractivity contribution in [3.63, 3.8) is 0 Å². The molecule has 2 N–H and O–H groups in total. The maximum Gasteiger partial charge on any atom is 0.295 e. The molecule has 2 heterocycles. The fourth-order valence-corrected chi connectivity index (χ4v) is 3.68. The minimum Gasteiger partial charge on any atom is -0.368 e. The average molecular weight is 405 g/mol. The fourth-order valence-electron chi connectivity index (χ4n) is 3.68. The number of amides is 2. The van der Waals surface area contributed by atoms with Crippen LogP contribution >= 0.6 is 0 Å². The molecule has 4 rings (SSSR count). The van der Waals surface area contributed by atoms with E-state index < -0.39 is 6.04 Å². The summed E-state index contributed by atoms with van der Waals surface area (Å²) in [7, 11) is 1.80. The molecule has 0 fully saturated rings. The van der Waals surface area contributed by atoms with Crippen LogP contribution in [-0.4, -0.2) is 33.8 Å². The third kappa shape index (κ3) is 3.26. The molecule has 0 spiro atoms. The van der Waals surface area contributed by atoms with Crippen LogP contribution in [-0.2, 0) is 16.6 Å². The van der Waals surface area contributed by atoms with E-state index in [1.807, 2.05) is 43.3 Å². The molecule has 1 aliphatic heterocycles. The molecule has 1 atom stereocenters. The molecule has 30 heavy (non-hydrogen) atoms. The van der Waals surface area contributed by atoms with E-state index in [1.165, 1.54) is 4.90 Å². The van der Waals surface area contributed by atoms with Crippen LogP contribution in [0.1, 0.15) is 12.6 Å². The van der Waals surface area contributed by atoms with Crippen LogP contribution in [0, 0.1) is 6.92 Å². The van der Waals surface area contributed by atoms with Crippen LogP contribution in [0.3, 0.4) is 0 Å². The van der Waals surface area contributed by atoms with Crippen molar-refractivity contribution < 1.29 is 9.59 Å². The third-order valence-electron chi connectivity index (χ3n) is 5.32. The highest BCUT2D eigenvalue weighted by Crippen LogP contribution is 2.29. The van der Waals surface area contributed by atoms with Crippen molar-refractivity contribution in [2.75, 3.05) is 22.1 Å². The third-order valence-corrected chi connectivity index (χ3v) is 5.32. The van der Waals surface area contributed by atoms with Gasteiger partial charge in [0.05, 0.1) is 22.8 Å². The monoisotopic (exact) mass is 405 g/mol. The Morgan fingerprint density at radius 2 is 1.73 bits per heavy atom. The predicted molar refractivity (Wildman–Crippen MR) is 116 cm³/mol. The number of benzene rings is 2. The van der Waals surface area contributed by atoms with Gasteiger partial charge in [-0.3, -0.25) is 24.0 Å². The Bertz CT molecular complexity index is 1180. The van der Waals surface area contributed by atoms with E-state index in [1.54, 1.807) is 41.5 Å². The molecule has 0 radical (unpaired) electrons. The highest BCUT2D eigenvalue weighted by atomic mass is 16.2. The molecule has 2 aromatic carbocycles. The average Bonchev–Trinajstić information content (AvgIpc) is 2.96. The molecular weight excluding hydrogens is 382 g/mol. The van der Waals surface area contributed by atoms with Crippen LogP contribution < -0.4 is 21.1 Å². The molecule has 2 amide bonds. The molecule has 8 heteroatoms. The molecule has 154 valence electrons. The number of carbonyl (C=O) groups is 2. The van der Waals surface area contributed by atoms with Gasteiger partial charge in [0.15, 0.2) is 0 Å². The van der Waals surface area contributed by atoms with Crippen molar-refractivity contribution in [3.05, 3.63) is 70.6 Å². The number of hydrogen-bond donors (Lipinski definition) is 2. The maximum absolute atomic E-state index is 13.2. The Morgan fingerprint density at radius 3 is 2.47 bits per heavy atom. The molecule has 0 saturated carbocycles. The van der Waals surface area contributed by atoms with E-state index in [2.05, 4.69) is 10.6 Å². The second kappa shape index (κ2) is 7.55. The van der Waals surface area contributed by atoms with Crippen LogP contribution in [0.15, 0.2) is 59.4 Å². The van der Waals surface area contributed by atoms with E-state index in [4.69, 9.17) is 0 Å². The molecule has 3 aromatic rings. The molecule has 0 aliphatic carbocycles. The van der Waals surface area contributed by atoms with Gasteiger partial charge in [0.2, 0.25) is 11.8 Å². The highest BCUT2D eigenvalue weighted by molar-refractivity contribution is 6.11.